The molecule has 2 aromatic heterocycles. The Morgan fingerprint density at radius 1 is 1.02 bits per heavy atom. The number of nitrogens with two attached hydrogens (primary N) is 1. The van der Waals surface area contributed by atoms with E-state index in [1.165, 1.54) is 6.07 Å². The van der Waals surface area contributed by atoms with Gasteiger partial charge in [0.2, 0.25) is 5.91 Å². The molecule has 1 aliphatic heterocycles. The number of aromatic hydroxyl groups is 2. The number of para-hydroxylation sites is 1. The molecule has 47 heavy (non-hydrogen) atoms. The zero-order valence-electron chi connectivity index (χ0n) is 26.2. The van der Waals surface area contributed by atoms with Gasteiger partial charge in [-0.15, -0.1) is 5.06 Å². The second kappa shape index (κ2) is 14.9. The van der Waals surface area contributed by atoms with Gasteiger partial charge < -0.3 is 35.4 Å². The fourth-order valence-electron chi connectivity index (χ4n) is 5.40. The first-order valence-corrected chi connectivity index (χ1v) is 15.6. The van der Waals surface area contributed by atoms with E-state index in [4.69, 9.17) is 20.3 Å². The van der Waals surface area contributed by atoms with Crippen LogP contribution >= 0.6 is 0 Å². The average molecular weight is 647 g/mol. The van der Waals surface area contributed by atoms with Crippen molar-refractivity contribution in [3.8, 4) is 11.5 Å². The quantitative estimate of drug-likeness (QED) is 0.0841. The first-order valence-electron chi connectivity index (χ1n) is 15.6. The molecule has 0 saturated carbocycles. The topological polar surface area (TPSA) is 199 Å². The van der Waals surface area contributed by atoms with Crippen molar-refractivity contribution in [2.24, 2.45) is 0 Å². The Balaban J connectivity index is 1.19. The summed E-state index contributed by atoms with van der Waals surface area (Å²) in [6, 6.07) is 10.8. The fraction of sp³-hybridized carbons (Fsp3) is 0.394. The number of pyridine rings is 1. The lowest BCUT2D eigenvalue weighted by molar-refractivity contribution is -0.197. The summed E-state index contributed by atoms with van der Waals surface area (Å²) in [6.07, 6.45) is 2.77. The van der Waals surface area contributed by atoms with Crippen LogP contribution in [0.3, 0.4) is 0 Å². The summed E-state index contributed by atoms with van der Waals surface area (Å²) in [5.74, 6) is -1.59. The Morgan fingerprint density at radius 3 is 2.57 bits per heavy atom. The predicted molar refractivity (Wildman–Crippen MR) is 171 cm³/mol. The van der Waals surface area contributed by atoms with Gasteiger partial charge in [0, 0.05) is 43.2 Å². The van der Waals surface area contributed by atoms with Crippen LogP contribution in [-0.4, -0.2) is 73.3 Å². The van der Waals surface area contributed by atoms with Crippen LogP contribution in [-0.2, 0) is 48.1 Å². The molecule has 1 fully saturated rings. The number of phenols is 2. The molecule has 0 atom stereocenters. The summed E-state index contributed by atoms with van der Waals surface area (Å²) in [6.45, 7) is 3.26. The lowest BCUT2D eigenvalue weighted by Crippen LogP contribution is -2.33. The summed E-state index contributed by atoms with van der Waals surface area (Å²) in [5, 5.41) is 24.6. The normalized spacial score (nSPS) is 13.2. The molecular formula is C33H38N6O8. The van der Waals surface area contributed by atoms with Crippen molar-refractivity contribution in [3.05, 3.63) is 53.3 Å². The number of aryl methyl sites for hydroxylation is 1. The van der Waals surface area contributed by atoms with Crippen molar-refractivity contribution >= 4 is 51.4 Å². The van der Waals surface area contributed by atoms with Gasteiger partial charge in [0.1, 0.15) is 11.3 Å². The van der Waals surface area contributed by atoms with E-state index >= 15 is 0 Å². The van der Waals surface area contributed by atoms with Crippen LogP contribution in [0.4, 0.5) is 5.82 Å². The number of hydrogen-bond donors (Lipinski definition) is 4. The number of ether oxygens (including phenoxy) is 1. The summed E-state index contributed by atoms with van der Waals surface area (Å²) in [4.78, 5) is 61.2. The van der Waals surface area contributed by atoms with Gasteiger partial charge in [0.25, 0.3) is 11.8 Å². The largest absolute Gasteiger partial charge is 0.504 e. The second-order valence-electron chi connectivity index (χ2n) is 11.3. The van der Waals surface area contributed by atoms with Gasteiger partial charge in [-0.25, -0.2) is 14.8 Å². The van der Waals surface area contributed by atoms with Crippen LogP contribution in [0.5, 0.6) is 11.5 Å². The number of aromatic nitrogens is 3. The summed E-state index contributed by atoms with van der Waals surface area (Å²) < 4.78 is 7.76. The third-order valence-electron chi connectivity index (χ3n) is 7.89. The number of carbonyl (C=O) groups is 4. The van der Waals surface area contributed by atoms with E-state index in [0.29, 0.717) is 46.9 Å². The van der Waals surface area contributed by atoms with Crippen LogP contribution < -0.4 is 11.1 Å². The maximum absolute atomic E-state index is 12.1. The fourth-order valence-corrected chi connectivity index (χ4v) is 5.40. The first-order chi connectivity index (χ1) is 22.7. The number of rotatable bonds is 15. The SMILES string of the molecule is CCCCc1nc2c(N)nc3ccc(CCOCCNC(=O)CCC(=O)ON4C(=O)CCC4=O)cc3c2n1Cc1cccc(O)c1O. The second-order valence-corrected chi connectivity index (χ2v) is 11.3. The predicted octanol–water partition coefficient (Wildman–Crippen LogP) is 3.03. The average Bonchev–Trinajstić information content (AvgIpc) is 3.58. The molecule has 248 valence electrons. The minimum Gasteiger partial charge on any atom is -0.504 e. The third-order valence-corrected chi connectivity index (χ3v) is 7.89. The van der Waals surface area contributed by atoms with E-state index in [-0.39, 0.29) is 62.8 Å². The van der Waals surface area contributed by atoms with Crippen molar-refractivity contribution < 1.29 is 39.0 Å². The minimum absolute atomic E-state index is 0.00291. The molecule has 0 unspecified atom stereocenters. The van der Waals surface area contributed by atoms with Gasteiger partial charge in [-0.05, 0) is 36.6 Å². The van der Waals surface area contributed by atoms with E-state index < -0.39 is 17.8 Å². The van der Waals surface area contributed by atoms with Crippen LogP contribution in [0.25, 0.3) is 21.9 Å². The molecule has 1 saturated heterocycles. The molecule has 0 aliphatic carbocycles. The maximum Gasteiger partial charge on any atom is 0.333 e. The monoisotopic (exact) mass is 646 g/mol. The molecule has 0 spiro atoms. The standard InChI is InChI=1S/C33H38N6O8/c1-2-3-7-25-37-30-31(38(25)19-21-5-4-6-24(40)32(21)45)22-18-20(8-9-23(22)36-33(30)34)14-16-46-17-15-35-26(41)10-13-29(44)47-39-27(42)11-12-28(39)43/h4-6,8-9,18,40,45H,2-3,7,10-17,19H2,1H3,(H2,34,36)(H,35,41). The van der Waals surface area contributed by atoms with Gasteiger partial charge in [0.05, 0.1) is 37.2 Å². The number of unbranched alkanes of at least 4 members (excludes halogenated alkanes) is 1. The number of phenolic OH excluding ortho intramolecular Hbond substituents is 2. The highest BCUT2D eigenvalue weighted by Crippen LogP contribution is 2.34. The number of anilines is 1. The minimum atomic E-state index is -0.830. The van der Waals surface area contributed by atoms with Crippen molar-refractivity contribution in [3.63, 3.8) is 0 Å². The van der Waals surface area contributed by atoms with Crippen molar-refractivity contribution in [1.29, 1.82) is 0 Å². The van der Waals surface area contributed by atoms with E-state index in [2.05, 4.69) is 17.2 Å². The van der Waals surface area contributed by atoms with Crippen LogP contribution in [0.15, 0.2) is 36.4 Å². The Bertz CT molecular complexity index is 1800. The zero-order chi connectivity index (χ0) is 33.5. The molecule has 4 aromatic rings. The zero-order valence-corrected chi connectivity index (χ0v) is 26.2. The molecule has 14 nitrogen and oxygen atoms in total. The van der Waals surface area contributed by atoms with Crippen molar-refractivity contribution in [2.45, 2.75) is 64.8 Å². The van der Waals surface area contributed by atoms with Gasteiger partial charge in [0.15, 0.2) is 17.3 Å². The van der Waals surface area contributed by atoms with Gasteiger partial charge in [-0.2, -0.15) is 0 Å². The Hall–Kier alpha value is -5.24. The van der Waals surface area contributed by atoms with Crippen LogP contribution in [0, 0.1) is 0 Å². The Morgan fingerprint density at radius 2 is 1.81 bits per heavy atom. The third kappa shape index (κ3) is 7.77. The highest BCUT2D eigenvalue weighted by atomic mass is 16.7. The lowest BCUT2D eigenvalue weighted by atomic mass is 10.1. The summed E-state index contributed by atoms with van der Waals surface area (Å²) in [5.41, 5.74) is 10.00. The number of imide groups is 1. The number of hydroxylamine groups is 2. The number of fused-ring (bicyclic) bond motifs is 3. The maximum atomic E-state index is 12.1. The molecule has 3 amide bonds. The smallest absolute Gasteiger partial charge is 0.333 e. The van der Waals surface area contributed by atoms with Crippen LogP contribution in [0.1, 0.15) is 62.4 Å². The Labute approximate surface area is 270 Å². The molecule has 0 radical (unpaired) electrons. The highest BCUT2D eigenvalue weighted by Gasteiger charge is 2.32. The van der Waals surface area contributed by atoms with E-state index in [1.54, 1.807) is 12.1 Å². The van der Waals surface area contributed by atoms with Gasteiger partial charge >= 0.3 is 5.97 Å². The number of imidazole rings is 1. The first kappa shape index (κ1) is 33.1. The lowest BCUT2D eigenvalue weighted by Gasteiger charge is -2.13. The molecule has 5 N–H and O–H groups in total. The van der Waals surface area contributed by atoms with Crippen molar-refractivity contribution in [2.75, 3.05) is 25.5 Å². The highest BCUT2D eigenvalue weighted by molar-refractivity contribution is 6.07. The number of amides is 3. The molecule has 3 heterocycles. The van der Waals surface area contributed by atoms with E-state index in [1.807, 2.05) is 22.8 Å². The van der Waals surface area contributed by atoms with Crippen molar-refractivity contribution in [1.82, 2.24) is 24.9 Å². The molecule has 2 aromatic carbocycles. The van der Waals surface area contributed by atoms with E-state index in [0.717, 1.165) is 35.1 Å². The Kier molecular flexibility index (Phi) is 10.5. The number of nitrogens with zero attached hydrogens (tertiary/aromatic N) is 4. The number of benzene rings is 2. The summed E-state index contributed by atoms with van der Waals surface area (Å²) >= 11 is 0. The molecule has 14 heteroatoms. The molecular weight excluding hydrogens is 608 g/mol. The molecule has 5 rings (SSSR count). The van der Waals surface area contributed by atoms with E-state index in [9.17, 15) is 29.4 Å². The van der Waals surface area contributed by atoms with Gasteiger partial charge in [-0.1, -0.05) is 31.5 Å². The number of nitrogen functional groups attached to an aromatic ring is 1. The molecule has 1 aliphatic rings. The number of carbonyl (C=O) groups excluding carboxylic acids is 4. The molecule has 0 bridgehead atoms. The van der Waals surface area contributed by atoms with Crippen LogP contribution in [0.2, 0.25) is 0 Å². The number of hydrogen-bond acceptors (Lipinski definition) is 11. The van der Waals surface area contributed by atoms with Gasteiger partial charge in [-0.3, -0.25) is 14.4 Å². The summed E-state index contributed by atoms with van der Waals surface area (Å²) in [7, 11) is 0. The number of nitrogens with one attached hydrogen (secondary N) is 1.